The van der Waals surface area contributed by atoms with Gasteiger partial charge in [-0.25, -0.2) is 9.59 Å². The quantitative estimate of drug-likeness (QED) is 0.450. The number of imidazole rings is 1. The molecule has 0 aliphatic carbocycles. The Bertz CT molecular complexity index is 645. The number of hydrogen-bond donors (Lipinski definition) is 3. The van der Waals surface area contributed by atoms with E-state index in [0.29, 0.717) is 4.57 Å². The third kappa shape index (κ3) is 0.934. The van der Waals surface area contributed by atoms with Gasteiger partial charge in [0.15, 0.2) is 5.52 Å². The van der Waals surface area contributed by atoms with Crippen LogP contribution in [-0.4, -0.2) is 19.5 Å². The van der Waals surface area contributed by atoms with Crippen molar-refractivity contribution in [2.24, 2.45) is 7.02 Å². The zero-order chi connectivity index (χ0) is 10.3. The predicted octanol–water partition coefficient (Wildman–Crippen LogP) is -1.76. The minimum atomic E-state index is -0.715. The van der Waals surface area contributed by atoms with Crippen molar-refractivity contribution in [1.29, 1.82) is 0 Å². The van der Waals surface area contributed by atoms with Gasteiger partial charge in [-0.3, -0.25) is 24.3 Å². The lowest BCUT2D eigenvalue weighted by Gasteiger charge is -1.93. The van der Waals surface area contributed by atoms with Crippen molar-refractivity contribution in [3.63, 3.8) is 0 Å². The first-order valence-electron chi connectivity index (χ1n) is 4.08. The number of aromatic nitrogens is 4. The Labute approximate surface area is 71.4 Å². The Morgan fingerprint density at radius 3 is 2.69 bits per heavy atom. The molecule has 0 spiro atoms. The van der Waals surface area contributed by atoms with Gasteiger partial charge in [-0.2, -0.15) is 0 Å². The molecule has 2 aromatic heterocycles. The molecule has 0 unspecified atom stereocenters. The van der Waals surface area contributed by atoms with Gasteiger partial charge in [0.2, 0.25) is 0 Å². The van der Waals surface area contributed by atoms with E-state index in [2.05, 4.69) is 15.0 Å². The summed E-state index contributed by atoms with van der Waals surface area (Å²) in [6.45, 7) is 0. The number of hydrogen-bond acceptors (Lipinski definition) is 3. The lowest BCUT2D eigenvalue weighted by Crippen LogP contribution is -2.32. The zero-order valence-corrected chi connectivity index (χ0v) is 6.38. The average molecular weight is 183 g/mol. The average Bonchev–Trinajstić information content (AvgIpc) is 2.47. The van der Waals surface area contributed by atoms with Crippen LogP contribution in [-0.2, 0) is 7.02 Å². The van der Waals surface area contributed by atoms with Gasteiger partial charge in [-0.1, -0.05) is 0 Å². The van der Waals surface area contributed by atoms with Crippen LogP contribution in [0.3, 0.4) is 0 Å². The van der Waals surface area contributed by atoms with E-state index in [-0.39, 0.29) is 11.2 Å². The van der Waals surface area contributed by atoms with Gasteiger partial charge >= 0.3 is 11.4 Å². The summed E-state index contributed by atoms with van der Waals surface area (Å²) in [6.07, 6.45) is 0. The van der Waals surface area contributed by atoms with Gasteiger partial charge in [0.05, 0.1) is 0 Å². The number of aromatic amines is 3. The van der Waals surface area contributed by atoms with E-state index in [1.54, 1.807) is 0 Å². The molecule has 7 heteroatoms. The first kappa shape index (κ1) is 6.46. The second-order valence-electron chi connectivity index (χ2n) is 2.49. The first-order valence-corrected chi connectivity index (χ1v) is 3.38. The third-order valence-electron chi connectivity index (χ3n) is 1.66. The normalized spacial score (nSPS) is 11.8. The second kappa shape index (κ2) is 2.22. The largest absolute Gasteiger partial charge is 0.329 e. The van der Waals surface area contributed by atoms with E-state index >= 15 is 0 Å². The van der Waals surface area contributed by atoms with Crippen LogP contribution < -0.4 is 16.9 Å². The highest BCUT2D eigenvalue weighted by molar-refractivity contribution is 5.67. The van der Waals surface area contributed by atoms with Crippen LogP contribution in [0.1, 0.15) is 1.37 Å². The third-order valence-corrected chi connectivity index (χ3v) is 1.66. The van der Waals surface area contributed by atoms with Gasteiger partial charge in [-0.05, 0) is 0 Å². The molecule has 0 amide bonds. The molecule has 0 bridgehead atoms. The molecule has 0 aliphatic heterocycles. The zero-order valence-electron chi connectivity index (χ0n) is 7.38. The molecular weight excluding hydrogens is 176 g/mol. The molecule has 0 aliphatic rings. The van der Waals surface area contributed by atoms with Crippen molar-refractivity contribution in [3.8, 4) is 0 Å². The molecule has 7 nitrogen and oxygen atoms in total. The SMILES string of the molecule is [2H]Cn1c(=O)[nH]c2[nH]c(=O)[nH]c2c1=O. The molecule has 0 aromatic carbocycles. The number of fused-ring (bicyclic) bond motifs is 1. The van der Waals surface area contributed by atoms with Crippen LogP contribution in [0.5, 0.6) is 0 Å². The maximum atomic E-state index is 11.4. The van der Waals surface area contributed by atoms with Crippen LogP contribution in [0, 0.1) is 0 Å². The molecule has 0 fully saturated rings. The highest BCUT2D eigenvalue weighted by Gasteiger charge is 2.06. The fourth-order valence-electron chi connectivity index (χ4n) is 1.04. The Morgan fingerprint density at radius 1 is 1.23 bits per heavy atom. The van der Waals surface area contributed by atoms with E-state index in [1.165, 1.54) is 0 Å². The van der Waals surface area contributed by atoms with Gasteiger partial charge < -0.3 is 0 Å². The van der Waals surface area contributed by atoms with Crippen LogP contribution in [0.15, 0.2) is 14.4 Å². The molecule has 0 saturated carbocycles. The summed E-state index contributed by atoms with van der Waals surface area (Å²) in [4.78, 5) is 40.1. The number of H-pyrrole nitrogens is 3. The van der Waals surface area contributed by atoms with Crippen molar-refractivity contribution < 1.29 is 1.37 Å². The van der Waals surface area contributed by atoms with Crippen molar-refractivity contribution in [2.45, 2.75) is 0 Å². The lowest BCUT2D eigenvalue weighted by atomic mass is 10.5. The van der Waals surface area contributed by atoms with E-state index in [0.717, 1.165) is 0 Å². The minimum absolute atomic E-state index is 0.0261. The molecule has 0 atom stereocenters. The Hall–Kier alpha value is -2.05. The Morgan fingerprint density at radius 2 is 2.00 bits per heavy atom. The molecule has 13 heavy (non-hydrogen) atoms. The fraction of sp³-hybridized carbons (Fsp3) is 0.167. The molecule has 3 N–H and O–H groups in total. The van der Waals surface area contributed by atoms with Crippen molar-refractivity contribution >= 4 is 11.2 Å². The molecule has 0 saturated heterocycles. The Balaban J connectivity index is 3.07. The van der Waals surface area contributed by atoms with Crippen LogP contribution in [0.25, 0.3) is 11.2 Å². The van der Waals surface area contributed by atoms with E-state index in [4.69, 9.17) is 1.37 Å². The number of rotatable bonds is 0. The van der Waals surface area contributed by atoms with Crippen LogP contribution in [0.4, 0.5) is 0 Å². The summed E-state index contributed by atoms with van der Waals surface area (Å²) in [6, 6.07) is 0. The second-order valence-corrected chi connectivity index (χ2v) is 2.49. The van der Waals surface area contributed by atoms with Crippen molar-refractivity contribution in [2.75, 3.05) is 0 Å². The van der Waals surface area contributed by atoms with E-state index < -0.39 is 24.0 Å². The molecule has 2 heterocycles. The summed E-state index contributed by atoms with van der Waals surface area (Å²) in [5.41, 5.74) is -1.95. The number of nitrogens with one attached hydrogen (secondary N) is 3. The standard InChI is InChI=1S/C6H6N4O3/c1-10-4(11)2-3(9-6(10)13)8-5(12)7-2/h1H3,(H,9,13)(H2,7,8,12)/i1D. The van der Waals surface area contributed by atoms with Gasteiger partial charge in [0.25, 0.3) is 5.56 Å². The van der Waals surface area contributed by atoms with E-state index in [1.807, 2.05) is 0 Å². The maximum absolute atomic E-state index is 11.4. The maximum Gasteiger partial charge on any atom is 0.329 e. The summed E-state index contributed by atoms with van der Waals surface area (Å²) in [7, 11) is -0.489. The Kier molecular flexibility index (Phi) is 1.10. The van der Waals surface area contributed by atoms with Crippen LogP contribution in [0.2, 0.25) is 0 Å². The van der Waals surface area contributed by atoms with E-state index in [9.17, 15) is 14.4 Å². The van der Waals surface area contributed by atoms with Crippen molar-refractivity contribution in [1.82, 2.24) is 19.5 Å². The van der Waals surface area contributed by atoms with Gasteiger partial charge in [0.1, 0.15) is 5.65 Å². The highest BCUT2D eigenvalue weighted by atomic mass is 16.2. The molecular formula is C6H6N4O3. The minimum Gasteiger partial charge on any atom is -0.300 e. The summed E-state index contributed by atoms with van der Waals surface area (Å²) in [5, 5.41) is 0. The smallest absolute Gasteiger partial charge is 0.300 e. The molecule has 0 radical (unpaired) electrons. The van der Waals surface area contributed by atoms with Gasteiger partial charge in [-0.15, -0.1) is 0 Å². The lowest BCUT2D eigenvalue weighted by molar-refractivity contribution is 0.790. The summed E-state index contributed by atoms with van der Waals surface area (Å²) < 4.78 is 7.62. The van der Waals surface area contributed by atoms with Gasteiger partial charge in [0, 0.05) is 8.39 Å². The fourth-order valence-corrected chi connectivity index (χ4v) is 1.04. The van der Waals surface area contributed by atoms with Crippen LogP contribution >= 0.6 is 0 Å². The molecule has 68 valence electrons. The summed E-state index contributed by atoms with van der Waals surface area (Å²) in [5.74, 6) is 0. The monoisotopic (exact) mass is 183 g/mol. The highest BCUT2D eigenvalue weighted by Crippen LogP contribution is 1.90. The first-order chi connectivity index (χ1) is 6.63. The number of nitrogens with zero attached hydrogens (tertiary/aromatic N) is 1. The summed E-state index contributed by atoms with van der Waals surface area (Å²) >= 11 is 0. The molecule has 2 aromatic rings. The molecule has 2 rings (SSSR count). The predicted molar refractivity (Wildman–Crippen MR) is 44.8 cm³/mol. The topological polar surface area (TPSA) is 104 Å². The van der Waals surface area contributed by atoms with Crippen molar-refractivity contribution in [3.05, 3.63) is 31.3 Å².